The summed E-state index contributed by atoms with van der Waals surface area (Å²) in [5.74, 6) is 1.37. The SMILES string of the molecule is CN(C)CCN(C)c1ccc(N)c(OC(C)(C)C)n1. The van der Waals surface area contributed by atoms with Gasteiger partial charge in [-0.05, 0) is 47.0 Å². The summed E-state index contributed by atoms with van der Waals surface area (Å²) in [5.41, 5.74) is 6.17. The van der Waals surface area contributed by atoms with E-state index in [2.05, 4.69) is 28.9 Å². The first-order valence-corrected chi connectivity index (χ1v) is 6.50. The van der Waals surface area contributed by atoms with Gasteiger partial charge in [0.05, 0.1) is 5.69 Å². The Morgan fingerprint density at radius 2 is 1.79 bits per heavy atom. The largest absolute Gasteiger partial charge is 0.470 e. The average molecular weight is 266 g/mol. The number of anilines is 2. The van der Waals surface area contributed by atoms with Crippen LogP contribution in [0.5, 0.6) is 5.88 Å². The van der Waals surface area contributed by atoms with Gasteiger partial charge in [-0.3, -0.25) is 0 Å². The van der Waals surface area contributed by atoms with Crippen molar-refractivity contribution in [2.24, 2.45) is 0 Å². The van der Waals surface area contributed by atoms with Gasteiger partial charge in [-0.2, -0.15) is 4.98 Å². The maximum Gasteiger partial charge on any atom is 0.239 e. The van der Waals surface area contributed by atoms with Gasteiger partial charge in [0, 0.05) is 20.1 Å². The van der Waals surface area contributed by atoms with Crippen molar-refractivity contribution in [2.75, 3.05) is 44.9 Å². The lowest BCUT2D eigenvalue weighted by molar-refractivity contribution is 0.125. The highest BCUT2D eigenvalue weighted by molar-refractivity contribution is 5.54. The third kappa shape index (κ3) is 5.34. The lowest BCUT2D eigenvalue weighted by Gasteiger charge is -2.24. The second kappa shape index (κ2) is 6.10. The van der Waals surface area contributed by atoms with E-state index < -0.39 is 0 Å². The van der Waals surface area contributed by atoms with Crippen molar-refractivity contribution in [3.8, 4) is 5.88 Å². The molecule has 1 rings (SSSR count). The number of nitrogens with two attached hydrogens (primary N) is 1. The van der Waals surface area contributed by atoms with Gasteiger partial charge >= 0.3 is 0 Å². The molecule has 5 nitrogen and oxygen atoms in total. The molecule has 0 fully saturated rings. The molecule has 0 radical (unpaired) electrons. The summed E-state index contributed by atoms with van der Waals surface area (Å²) in [5, 5.41) is 0. The van der Waals surface area contributed by atoms with Crippen LogP contribution in [0, 0.1) is 0 Å². The summed E-state index contributed by atoms with van der Waals surface area (Å²) in [7, 11) is 6.12. The summed E-state index contributed by atoms with van der Waals surface area (Å²) in [4.78, 5) is 8.73. The Balaban J connectivity index is 2.83. The van der Waals surface area contributed by atoms with Crippen molar-refractivity contribution >= 4 is 11.5 Å². The Morgan fingerprint density at radius 1 is 1.16 bits per heavy atom. The first kappa shape index (κ1) is 15.6. The van der Waals surface area contributed by atoms with Gasteiger partial charge in [-0.1, -0.05) is 0 Å². The maximum absolute atomic E-state index is 5.90. The molecule has 0 unspecified atom stereocenters. The van der Waals surface area contributed by atoms with Gasteiger partial charge in [-0.25, -0.2) is 0 Å². The highest BCUT2D eigenvalue weighted by atomic mass is 16.5. The van der Waals surface area contributed by atoms with Crippen molar-refractivity contribution in [1.29, 1.82) is 0 Å². The molecular weight excluding hydrogens is 240 g/mol. The van der Waals surface area contributed by atoms with E-state index in [4.69, 9.17) is 10.5 Å². The molecule has 1 aromatic rings. The topological polar surface area (TPSA) is 54.6 Å². The number of rotatable bonds is 5. The zero-order chi connectivity index (χ0) is 14.6. The summed E-state index contributed by atoms with van der Waals surface area (Å²) in [6.45, 7) is 7.82. The molecule has 5 heteroatoms. The minimum absolute atomic E-state index is 0.304. The molecule has 0 aromatic carbocycles. The van der Waals surface area contributed by atoms with Gasteiger partial charge < -0.3 is 20.3 Å². The van der Waals surface area contributed by atoms with Gasteiger partial charge in [0.15, 0.2) is 0 Å². The molecular formula is C14H26N4O. The van der Waals surface area contributed by atoms with Crippen molar-refractivity contribution in [3.63, 3.8) is 0 Å². The van der Waals surface area contributed by atoms with Crippen LogP contribution in [0.25, 0.3) is 0 Å². The quantitative estimate of drug-likeness (QED) is 0.881. The van der Waals surface area contributed by atoms with E-state index in [0.717, 1.165) is 18.9 Å². The molecule has 0 aliphatic heterocycles. The summed E-state index contributed by atoms with van der Waals surface area (Å²) >= 11 is 0. The maximum atomic E-state index is 5.90. The number of aromatic nitrogens is 1. The van der Waals surface area contributed by atoms with Crippen LogP contribution in [0.4, 0.5) is 11.5 Å². The third-order valence-electron chi connectivity index (χ3n) is 2.55. The van der Waals surface area contributed by atoms with Crippen LogP contribution in [-0.2, 0) is 0 Å². The summed E-state index contributed by atoms with van der Waals surface area (Å²) in [6.07, 6.45) is 0. The van der Waals surface area contributed by atoms with Gasteiger partial charge in [-0.15, -0.1) is 0 Å². The van der Waals surface area contributed by atoms with Crippen LogP contribution in [0.1, 0.15) is 20.8 Å². The zero-order valence-corrected chi connectivity index (χ0v) is 12.9. The third-order valence-corrected chi connectivity index (χ3v) is 2.55. The molecule has 1 heterocycles. The highest BCUT2D eigenvalue weighted by Crippen LogP contribution is 2.25. The monoisotopic (exact) mass is 266 g/mol. The van der Waals surface area contributed by atoms with Crippen molar-refractivity contribution in [1.82, 2.24) is 9.88 Å². The fraction of sp³-hybridized carbons (Fsp3) is 0.643. The average Bonchev–Trinajstić information content (AvgIpc) is 2.27. The molecule has 2 N–H and O–H groups in total. The molecule has 1 aromatic heterocycles. The van der Waals surface area contributed by atoms with E-state index in [1.165, 1.54) is 0 Å². The van der Waals surface area contributed by atoms with Crippen molar-refractivity contribution < 1.29 is 4.74 Å². The minimum atomic E-state index is -0.304. The molecule has 0 spiro atoms. The van der Waals surface area contributed by atoms with Gasteiger partial charge in [0.2, 0.25) is 5.88 Å². The van der Waals surface area contributed by atoms with Gasteiger partial charge in [0.25, 0.3) is 0 Å². The number of ether oxygens (including phenoxy) is 1. The Morgan fingerprint density at radius 3 is 2.32 bits per heavy atom. The minimum Gasteiger partial charge on any atom is -0.470 e. The number of pyridine rings is 1. The Bertz CT molecular complexity index is 412. The lowest BCUT2D eigenvalue weighted by atomic mass is 10.2. The van der Waals surface area contributed by atoms with Gasteiger partial charge in [0.1, 0.15) is 11.4 Å². The Hall–Kier alpha value is -1.49. The van der Waals surface area contributed by atoms with Crippen molar-refractivity contribution in [3.05, 3.63) is 12.1 Å². The highest BCUT2D eigenvalue weighted by Gasteiger charge is 2.16. The molecule has 108 valence electrons. The second-order valence-electron chi connectivity index (χ2n) is 6.00. The first-order valence-electron chi connectivity index (χ1n) is 6.50. The van der Waals surface area contributed by atoms with Crippen LogP contribution in [0.15, 0.2) is 12.1 Å². The molecule has 0 bridgehead atoms. The molecule has 0 saturated heterocycles. The van der Waals surface area contributed by atoms with Crippen LogP contribution < -0.4 is 15.4 Å². The van der Waals surface area contributed by atoms with Crippen LogP contribution in [0.2, 0.25) is 0 Å². The zero-order valence-electron chi connectivity index (χ0n) is 12.9. The second-order valence-corrected chi connectivity index (χ2v) is 6.00. The smallest absolute Gasteiger partial charge is 0.239 e. The number of likely N-dealkylation sites (N-methyl/N-ethyl adjacent to an activating group) is 2. The Labute approximate surface area is 116 Å². The summed E-state index contributed by atoms with van der Waals surface area (Å²) in [6, 6.07) is 3.76. The predicted octanol–water partition coefficient (Wildman–Crippen LogP) is 1.84. The predicted molar refractivity (Wildman–Crippen MR) is 80.9 cm³/mol. The molecule has 19 heavy (non-hydrogen) atoms. The molecule has 0 saturated carbocycles. The standard InChI is InChI=1S/C14H26N4O/c1-14(2,3)19-13-11(15)7-8-12(16-13)18(6)10-9-17(4)5/h7-8H,9-10,15H2,1-6H3. The fourth-order valence-electron chi connectivity index (χ4n) is 1.49. The number of nitrogens with zero attached hydrogens (tertiary/aromatic N) is 3. The van der Waals surface area contributed by atoms with Crippen LogP contribution in [0.3, 0.4) is 0 Å². The number of hydrogen-bond donors (Lipinski definition) is 1. The first-order chi connectivity index (χ1) is 8.69. The van der Waals surface area contributed by atoms with Crippen LogP contribution in [-0.4, -0.2) is 49.7 Å². The fourth-order valence-corrected chi connectivity index (χ4v) is 1.49. The van der Waals surface area contributed by atoms with E-state index in [0.29, 0.717) is 11.6 Å². The van der Waals surface area contributed by atoms with Crippen LogP contribution >= 0.6 is 0 Å². The molecule has 0 aliphatic rings. The molecule has 0 atom stereocenters. The van der Waals surface area contributed by atoms with Crippen molar-refractivity contribution in [2.45, 2.75) is 26.4 Å². The normalized spacial score (nSPS) is 11.7. The van der Waals surface area contributed by atoms with E-state index >= 15 is 0 Å². The van der Waals surface area contributed by atoms with E-state index in [1.807, 2.05) is 40.0 Å². The van der Waals surface area contributed by atoms with E-state index in [9.17, 15) is 0 Å². The van der Waals surface area contributed by atoms with E-state index in [1.54, 1.807) is 0 Å². The van der Waals surface area contributed by atoms with E-state index in [-0.39, 0.29) is 5.60 Å². The lowest BCUT2D eigenvalue weighted by Crippen LogP contribution is -2.29. The number of hydrogen-bond acceptors (Lipinski definition) is 5. The summed E-state index contributed by atoms with van der Waals surface area (Å²) < 4.78 is 5.78. The Kier molecular flexibility index (Phi) is 5.00. The molecule has 0 aliphatic carbocycles. The molecule has 0 amide bonds. The number of nitrogen functional groups attached to an aromatic ring is 1.